The van der Waals surface area contributed by atoms with Crippen LogP contribution in [-0.4, -0.2) is 5.91 Å². The Hall–Kier alpha value is -1.99. The third-order valence-corrected chi connectivity index (χ3v) is 4.10. The summed E-state index contributed by atoms with van der Waals surface area (Å²) in [4.78, 5) is 24.2. The molecule has 1 N–H and O–H groups in total. The number of hydrogen-bond acceptors (Lipinski definition) is 3. The molecule has 4 nitrogen and oxygen atoms in total. The number of nitrogens with one attached hydrogen (secondary N) is 1. The number of hydrogen-bond donors (Lipinski definition) is 1. The molecule has 0 aliphatic heterocycles. The Morgan fingerprint density at radius 1 is 1.04 bits per heavy atom. The summed E-state index contributed by atoms with van der Waals surface area (Å²) >= 11 is 6.44. The predicted octanol–water partition coefficient (Wildman–Crippen LogP) is 4.71. The zero-order valence-electron chi connectivity index (χ0n) is 11.4. The summed E-state index contributed by atoms with van der Waals surface area (Å²) in [6.07, 6.45) is 0. The summed E-state index contributed by atoms with van der Waals surface area (Å²) in [7, 11) is 0. The van der Waals surface area contributed by atoms with Crippen molar-refractivity contribution in [1.82, 2.24) is 0 Å². The van der Waals surface area contributed by atoms with E-state index in [4.69, 9.17) is 4.42 Å². The number of carbonyl (C=O) groups excluding carboxylic acids is 1. The maximum atomic E-state index is 13.8. The molecule has 0 bridgehead atoms. The van der Waals surface area contributed by atoms with Crippen molar-refractivity contribution >= 4 is 54.4 Å². The maximum Gasteiger partial charge on any atom is 0.349 e. The molecule has 23 heavy (non-hydrogen) atoms. The molecule has 3 rings (SSSR count). The average Bonchev–Trinajstić information content (AvgIpc) is 2.49. The smallest absolute Gasteiger partial charge is 0.349 e. The molecule has 0 saturated heterocycles. The molecule has 0 spiro atoms. The van der Waals surface area contributed by atoms with Crippen molar-refractivity contribution in [3.63, 3.8) is 0 Å². The third-order valence-electron chi connectivity index (χ3n) is 3.12. The Bertz CT molecular complexity index is 985. The molecule has 7 heteroatoms. The molecular formula is C16H8Br2FNO3. The minimum absolute atomic E-state index is 0.0214. The minimum Gasteiger partial charge on any atom is -0.422 e. The molecule has 0 atom stereocenters. The van der Waals surface area contributed by atoms with Gasteiger partial charge in [0.2, 0.25) is 0 Å². The van der Waals surface area contributed by atoms with E-state index in [9.17, 15) is 14.0 Å². The second-order valence-electron chi connectivity index (χ2n) is 4.71. The molecule has 0 saturated carbocycles. The molecule has 1 aromatic heterocycles. The molecule has 1 heterocycles. The van der Waals surface area contributed by atoms with Gasteiger partial charge in [-0.15, -0.1) is 0 Å². The molecule has 0 radical (unpaired) electrons. The number of carbonyl (C=O) groups is 1. The summed E-state index contributed by atoms with van der Waals surface area (Å²) in [5, 5.41) is 2.95. The number of benzene rings is 2. The maximum absolute atomic E-state index is 13.8. The van der Waals surface area contributed by atoms with E-state index in [1.165, 1.54) is 18.2 Å². The number of anilines is 1. The lowest BCUT2D eigenvalue weighted by Crippen LogP contribution is -2.21. The highest BCUT2D eigenvalue weighted by atomic mass is 79.9. The largest absolute Gasteiger partial charge is 0.422 e. The molecule has 0 fully saturated rings. The van der Waals surface area contributed by atoms with E-state index in [1.54, 1.807) is 24.3 Å². The van der Waals surface area contributed by atoms with Gasteiger partial charge in [0.25, 0.3) is 5.91 Å². The van der Waals surface area contributed by atoms with Gasteiger partial charge in [-0.3, -0.25) is 4.79 Å². The average molecular weight is 441 g/mol. The quantitative estimate of drug-likeness (QED) is 0.587. The van der Waals surface area contributed by atoms with Crippen LogP contribution in [0.1, 0.15) is 10.4 Å². The van der Waals surface area contributed by atoms with Crippen LogP contribution in [0.3, 0.4) is 0 Å². The van der Waals surface area contributed by atoms with Crippen LogP contribution in [0, 0.1) is 5.82 Å². The fourth-order valence-electron chi connectivity index (χ4n) is 2.03. The molecule has 0 aliphatic rings. The second-order valence-corrected chi connectivity index (χ2v) is 6.54. The number of halogens is 3. The molecular weight excluding hydrogens is 433 g/mol. The SMILES string of the molecule is O=C(Nc1ccc(Br)cc1F)c1cc2cc(Br)ccc2oc1=O. The van der Waals surface area contributed by atoms with Crippen LogP contribution < -0.4 is 10.9 Å². The summed E-state index contributed by atoms with van der Waals surface area (Å²) < 4.78 is 20.2. The van der Waals surface area contributed by atoms with Gasteiger partial charge in [-0.1, -0.05) is 31.9 Å². The predicted molar refractivity (Wildman–Crippen MR) is 92.2 cm³/mol. The van der Waals surface area contributed by atoms with Gasteiger partial charge >= 0.3 is 5.63 Å². The van der Waals surface area contributed by atoms with Crippen LogP contribution in [0.4, 0.5) is 10.1 Å². The molecule has 0 unspecified atom stereocenters. The zero-order valence-corrected chi connectivity index (χ0v) is 14.6. The lowest BCUT2D eigenvalue weighted by molar-refractivity contribution is 0.102. The van der Waals surface area contributed by atoms with Gasteiger partial charge in [0.15, 0.2) is 0 Å². The Kier molecular flexibility index (Phi) is 4.32. The molecule has 0 aliphatic carbocycles. The van der Waals surface area contributed by atoms with E-state index >= 15 is 0 Å². The fourth-order valence-corrected chi connectivity index (χ4v) is 2.75. The highest BCUT2D eigenvalue weighted by molar-refractivity contribution is 9.10. The first-order chi connectivity index (χ1) is 10.9. The van der Waals surface area contributed by atoms with Crippen LogP contribution in [0.5, 0.6) is 0 Å². The van der Waals surface area contributed by atoms with E-state index in [2.05, 4.69) is 37.2 Å². The van der Waals surface area contributed by atoms with E-state index in [-0.39, 0.29) is 11.3 Å². The van der Waals surface area contributed by atoms with Gasteiger partial charge in [-0.2, -0.15) is 0 Å². The topological polar surface area (TPSA) is 59.3 Å². The molecule has 1 amide bonds. The van der Waals surface area contributed by atoms with Crippen LogP contribution >= 0.6 is 31.9 Å². The van der Waals surface area contributed by atoms with Gasteiger partial charge in [-0.25, -0.2) is 9.18 Å². The standard InChI is InChI=1S/C16H8Br2FNO3/c17-9-2-4-14-8(5-9)6-11(16(22)23-14)15(21)20-13-3-1-10(18)7-12(13)19/h1-7H,(H,20,21). The van der Waals surface area contributed by atoms with E-state index in [1.807, 2.05) is 0 Å². The van der Waals surface area contributed by atoms with E-state index in [0.29, 0.717) is 15.4 Å². The van der Waals surface area contributed by atoms with Crippen molar-refractivity contribution in [2.24, 2.45) is 0 Å². The Morgan fingerprint density at radius 2 is 1.74 bits per heavy atom. The molecule has 2 aromatic carbocycles. The van der Waals surface area contributed by atoms with Crippen molar-refractivity contribution in [3.05, 3.63) is 73.2 Å². The Morgan fingerprint density at radius 3 is 2.48 bits per heavy atom. The Balaban J connectivity index is 2.00. The highest BCUT2D eigenvalue weighted by Crippen LogP contribution is 2.22. The summed E-state index contributed by atoms with van der Waals surface area (Å²) in [5.41, 5.74) is -0.635. The van der Waals surface area contributed by atoms with Gasteiger partial charge in [0, 0.05) is 14.3 Å². The lowest BCUT2D eigenvalue weighted by atomic mass is 10.1. The van der Waals surface area contributed by atoms with Crippen LogP contribution in [-0.2, 0) is 0 Å². The monoisotopic (exact) mass is 439 g/mol. The summed E-state index contributed by atoms with van der Waals surface area (Å²) in [6, 6.07) is 10.7. The van der Waals surface area contributed by atoms with Crippen LogP contribution in [0.15, 0.2) is 60.6 Å². The number of rotatable bonds is 2. The fraction of sp³-hybridized carbons (Fsp3) is 0. The zero-order chi connectivity index (χ0) is 16.6. The van der Waals surface area contributed by atoms with Crippen molar-refractivity contribution in [3.8, 4) is 0 Å². The van der Waals surface area contributed by atoms with Crippen molar-refractivity contribution in [2.75, 3.05) is 5.32 Å². The third kappa shape index (κ3) is 3.35. The minimum atomic E-state index is -0.783. The lowest BCUT2D eigenvalue weighted by Gasteiger charge is -2.07. The number of fused-ring (bicyclic) bond motifs is 1. The first kappa shape index (κ1) is 15.9. The normalized spacial score (nSPS) is 10.7. The first-order valence-electron chi connectivity index (χ1n) is 6.44. The molecule has 116 valence electrons. The summed E-state index contributed by atoms with van der Waals surface area (Å²) in [6.45, 7) is 0. The van der Waals surface area contributed by atoms with Crippen molar-refractivity contribution in [1.29, 1.82) is 0 Å². The van der Waals surface area contributed by atoms with Crippen LogP contribution in [0.2, 0.25) is 0 Å². The van der Waals surface area contributed by atoms with Crippen LogP contribution in [0.25, 0.3) is 11.0 Å². The van der Waals surface area contributed by atoms with Gasteiger partial charge < -0.3 is 9.73 Å². The Labute approximate surface area is 146 Å². The highest BCUT2D eigenvalue weighted by Gasteiger charge is 2.15. The van der Waals surface area contributed by atoms with Gasteiger partial charge in [0.1, 0.15) is 17.0 Å². The van der Waals surface area contributed by atoms with Crippen molar-refractivity contribution < 1.29 is 13.6 Å². The number of amides is 1. The first-order valence-corrected chi connectivity index (χ1v) is 8.02. The molecule has 3 aromatic rings. The van der Waals surface area contributed by atoms with E-state index in [0.717, 1.165) is 4.47 Å². The van der Waals surface area contributed by atoms with Gasteiger partial charge in [-0.05, 0) is 42.5 Å². The summed E-state index contributed by atoms with van der Waals surface area (Å²) in [5.74, 6) is -1.34. The van der Waals surface area contributed by atoms with Gasteiger partial charge in [0.05, 0.1) is 5.69 Å². The second kappa shape index (κ2) is 6.25. The van der Waals surface area contributed by atoms with E-state index < -0.39 is 17.3 Å². The van der Waals surface area contributed by atoms with Crippen molar-refractivity contribution in [2.45, 2.75) is 0 Å².